The lowest BCUT2D eigenvalue weighted by atomic mass is 10.1. The molecule has 0 aromatic rings. The molecule has 1 heterocycles. The van der Waals surface area contributed by atoms with E-state index in [9.17, 15) is 8.42 Å². The van der Waals surface area contributed by atoms with Crippen molar-refractivity contribution in [3.8, 4) is 0 Å². The van der Waals surface area contributed by atoms with Crippen molar-refractivity contribution in [2.75, 3.05) is 25.4 Å². The zero-order valence-electron chi connectivity index (χ0n) is 11.6. The van der Waals surface area contributed by atoms with E-state index in [1.807, 2.05) is 0 Å². The second-order valence-corrected chi connectivity index (χ2v) is 7.50. The molecule has 2 N–H and O–H groups in total. The SMILES string of the molecule is O=S(=O)(CCCNC1CC1)NCCC1CCCCO1. The Morgan fingerprint density at radius 2 is 1.95 bits per heavy atom. The van der Waals surface area contributed by atoms with Gasteiger partial charge >= 0.3 is 0 Å². The molecular weight excluding hydrogens is 264 g/mol. The number of nitrogens with one attached hydrogen (secondary N) is 2. The highest BCUT2D eigenvalue weighted by atomic mass is 32.2. The van der Waals surface area contributed by atoms with E-state index in [1.54, 1.807) is 0 Å². The molecule has 1 aliphatic heterocycles. The quantitative estimate of drug-likeness (QED) is 0.622. The number of ether oxygens (including phenoxy) is 1. The second kappa shape index (κ2) is 7.57. The van der Waals surface area contributed by atoms with Gasteiger partial charge in [-0.15, -0.1) is 0 Å². The summed E-state index contributed by atoms with van der Waals surface area (Å²) < 4.78 is 31.8. The Hall–Kier alpha value is -0.170. The van der Waals surface area contributed by atoms with E-state index in [0.29, 0.717) is 19.0 Å². The smallest absolute Gasteiger partial charge is 0.211 e. The normalized spacial score (nSPS) is 24.5. The molecule has 1 saturated heterocycles. The minimum Gasteiger partial charge on any atom is -0.378 e. The van der Waals surface area contributed by atoms with Gasteiger partial charge in [-0.3, -0.25) is 0 Å². The van der Waals surface area contributed by atoms with Crippen LogP contribution in [0.3, 0.4) is 0 Å². The van der Waals surface area contributed by atoms with Crippen LogP contribution in [0.1, 0.15) is 44.9 Å². The van der Waals surface area contributed by atoms with Gasteiger partial charge in [0.05, 0.1) is 11.9 Å². The fourth-order valence-electron chi connectivity index (χ4n) is 2.34. The zero-order valence-corrected chi connectivity index (χ0v) is 12.4. The van der Waals surface area contributed by atoms with Gasteiger partial charge < -0.3 is 10.1 Å². The van der Waals surface area contributed by atoms with Gasteiger partial charge in [-0.1, -0.05) is 0 Å². The average Bonchev–Trinajstić information content (AvgIpc) is 3.20. The fraction of sp³-hybridized carbons (Fsp3) is 1.00. The summed E-state index contributed by atoms with van der Waals surface area (Å²) in [4.78, 5) is 0. The summed E-state index contributed by atoms with van der Waals surface area (Å²) in [5.41, 5.74) is 0. The topological polar surface area (TPSA) is 67.4 Å². The number of hydrogen-bond acceptors (Lipinski definition) is 4. The van der Waals surface area contributed by atoms with E-state index in [-0.39, 0.29) is 11.9 Å². The fourth-order valence-corrected chi connectivity index (χ4v) is 3.44. The Kier molecular flexibility index (Phi) is 6.06. The third-order valence-corrected chi connectivity index (χ3v) is 5.13. The van der Waals surface area contributed by atoms with Crippen LogP contribution in [-0.4, -0.2) is 46.0 Å². The number of rotatable bonds is 9. The standard InChI is InChI=1S/C13H26N2O3S/c16-19(17,11-3-8-14-12-5-6-12)15-9-7-13-4-1-2-10-18-13/h12-15H,1-11H2. The van der Waals surface area contributed by atoms with Crippen LogP contribution in [0.15, 0.2) is 0 Å². The maximum absolute atomic E-state index is 11.8. The first-order valence-corrected chi connectivity index (χ1v) is 9.13. The van der Waals surface area contributed by atoms with Gasteiger partial charge in [0.15, 0.2) is 0 Å². The van der Waals surface area contributed by atoms with Gasteiger partial charge in [-0.05, 0) is 51.5 Å². The Balaban J connectivity index is 1.51. The molecule has 2 rings (SSSR count). The minimum absolute atomic E-state index is 0.220. The van der Waals surface area contributed by atoms with Gasteiger partial charge in [0, 0.05) is 19.2 Å². The van der Waals surface area contributed by atoms with Gasteiger partial charge in [-0.2, -0.15) is 0 Å². The molecule has 112 valence electrons. The van der Waals surface area contributed by atoms with Crippen LogP contribution in [-0.2, 0) is 14.8 Å². The van der Waals surface area contributed by atoms with E-state index in [0.717, 1.165) is 32.4 Å². The van der Waals surface area contributed by atoms with Crippen molar-refractivity contribution in [1.29, 1.82) is 0 Å². The van der Waals surface area contributed by atoms with Crippen molar-refractivity contribution in [2.24, 2.45) is 0 Å². The molecule has 6 heteroatoms. The van der Waals surface area contributed by atoms with E-state index in [1.165, 1.54) is 19.3 Å². The van der Waals surface area contributed by atoms with Gasteiger partial charge in [0.2, 0.25) is 10.0 Å². The highest BCUT2D eigenvalue weighted by molar-refractivity contribution is 7.89. The van der Waals surface area contributed by atoms with E-state index >= 15 is 0 Å². The first kappa shape index (κ1) is 15.2. The van der Waals surface area contributed by atoms with Crippen LogP contribution < -0.4 is 10.0 Å². The lowest BCUT2D eigenvalue weighted by Crippen LogP contribution is -2.32. The predicted molar refractivity (Wildman–Crippen MR) is 75.6 cm³/mol. The molecule has 19 heavy (non-hydrogen) atoms. The molecule has 1 saturated carbocycles. The lowest BCUT2D eigenvalue weighted by molar-refractivity contribution is 0.0123. The summed E-state index contributed by atoms with van der Waals surface area (Å²) in [5, 5.41) is 3.32. The minimum atomic E-state index is -3.11. The number of sulfonamides is 1. The Bertz CT molecular complexity index is 349. The summed E-state index contributed by atoms with van der Waals surface area (Å²) in [6, 6.07) is 0.652. The first-order chi connectivity index (χ1) is 9.16. The van der Waals surface area contributed by atoms with E-state index in [2.05, 4.69) is 10.0 Å². The Labute approximate surface area is 116 Å². The molecule has 1 aliphatic carbocycles. The molecular formula is C13H26N2O3S. The third-order valence-electron chi connectivity index (χ3n) is 3.66. The van der Waals surface area contributed by atoms with Gasteiger partial charge in [0.1, 0.15) is 0 Å². The summed E-state index contributed by atoms with van der Waals surface area (Å²) in [7, 11) is -3.11. The summed E-state index contributed by atoms with van der Waals surface area (Å²) >= 11 is 0. The van der Waals surface area contributed by atoms with Gasteiger partial charge in [0.25, 0.3) is 0 Å². The summed E-state index contributed by atoms with van der Waals surface area (Å²) in [5.74, 6) is 0.220. The zero-order chi connectivity index (χ0) is 13.6. The largest absolute Gasteiger partial charge is 0.378 e. The molecule has 2 fully saturated rings. The average molecular weight is 290 g/mol. The van der Waals surface area contributed by atoms with Crippen molar-refractivity contribution in [3.63, 3.8) is 0 Å². The van der Waals surface area contributed by atoms with Crippen molar-refractivity contribution < 1.29 is 13.2 Å². The predicted octanol–water partition coefficient (Wildman–Crippen LogP) is 1.01. The molecule has 0 aromatic heterocycles. The maximum atomic E-state index is 11.8. The molecule has 0 amide bonds. The molecule has 2 aliphatic rings. The van der Waals surface area contributed by atoms with Crippen molar-refractivity contribution in [1.82, 2.24) is 10.0 Å². The molecule has 1 atom stereocenters. The third kappa shape index (κ3) is 6.70. The highest BCUT2D eigenvalue weighted by Gasteiger charge is 2.20. The summed E-state index contributed by atoms with van der Waals surface area (Å²) in [6.45, 7) is 2.13. The van der Waals surface area contributed by atoms with Crippen LogP contribution in [0.25, 0.3) is 0 Å². The van der Waals surface area contributed by atoms with Gasteiger partial charge in [-0.25, -0.2) is 13.1 Å². The van der Waals surface area contributed by atoms with Crippen LogP contribution in [0.5, 0.6) is 0 Å². The Morgan fingerprint density at radius 1 is 1.11 bits per heavy atom. The number of hydrogen-bond donors (Lipinski definition) is 2. The monoisotopic (exact) mass is 290 g/mol. The maximum Gasteiger partial charge on any atom is 0.211 e. The second-order valence-electron chi connectivity index (χ2n) is 5.57. The first-order valence-electron chi connectivity index (χ1n) is 7.48. The lowest BCUT2D eigenvalue weighted by Gasteiger charge is -2.22. The van der Waals surface area contributed by atoms with Crippen molar-refractivity contribution in [3.05, 3.63) is 0 Å². The van der Waals surface area contributed by atoms with Crippen LogP contribution >= 0.6 is 0 Å². The molecule has 0 aromatic carbocycles. The molecule has 0 bridgehead atoms. The molecule has 0 radical (unpaired) electrons. The van der Waals surface area contributed by atoms with E-state index in [4.69, 9.17) is 4.74 Å². The highest BCUT2D eigenvalue weighted by Crippen LogP contribution is 2.18. The van der Waals surface area contributed by atoms with Crippen LogP contribution in [0, 0.1) is 0 Å². The summed E-state index contributed by atoms with van der Waals surface area (Å²) in [6.07, 6.45) is 7.60. The molecule has 0 spiro atoms. The Morgan fingerprint density at radius 3 is 2.63 bits per heavy atom. The molecule has 5 nitrogen and oxygen atoms in total. The van der Waals surface area contributed by atoms with E-state index < -0.39 is 10.0 Å². The van der Waals surface area contributed by atoms with Crippen LogP contribution in [0.4, 0.5) is 0 Å². The van der Waals surface area contributed by atoms with Crippen molar-refractivity contribution >= 4 is 10.0 Å². The van der Waals surface area contributed by atoms with Crippen molar-refractivity contribution in [2.45, 2.75) is 57.1 Å². The van der Waals surface area contributed by atoms with Crippen LogP contribution in [0.2, 0.25) is 0 Å². The molecule has 1 unspecified atom stereocenters.